The van der Waals surface area contributed by atoms with Gasteiger partial charge in [-0.25, -0.2) is 13.1 Å². The third kappa shape index (κ3) is 6.70. The van der Waals surface area contributed by atoms with Crippen molar-refractivity contribution in [1.82, 2.24) is 4.72 Å². The molecule has 0 atom stereocenters. The van der Waals surface area contributed by atoms with Crippen LogP contribution in [0, 0.1) is 0 Å². The molecule has 0 aliphatic carbocycles. The molecule has 0 aliphatic heterocycles. The Morgan fingerprint density at radius 3 is 2.20 bits per heavy atom. The zero-order chi connectivity index (χ0) is 14.4. The van der Waals surface area contributed by atoms with Crippen LogP contribution in [-0.2, 0) is 16.4 Å². The van der Waals surface area contributed by atoms with E-state index in [0.717, 1.165) is 18.4 Å². The maximum Gasteiger partial charge on any atom is 0.211 e. The Kier molecular flexibility index (Phi) is 8.35. The minimum atomic E-state index is -3.26. The number of aryl methyl sites for hydroxylation is 1. The smallest absolute Gasteiger partial charge is 0.211 e. The summed E-state index contributed by atoms with van der Waals surface area (Å²) < 4.78 is 26.5. The molecule has 0 spiro atoms. The van der Waals surface area contributed by atoms with E-state index in [0.29, 0.717) is 13.0 Å². The van der Waals surface area contributed by atoms with Gasteiger partial charge < -0.3 is 5.73 Å². The molecule has 0 aromatic heterocycles. The molecule has 0 heterocycles. The topological polar surface area (TPSA) is 72.2 Å². The summed E-state index contributed by atoms with van der Waals surface area (Å²) in [7, 11) is -3.26. The van der Waals surface area contributed by atoms with Crippen LogP contribution < -0.4 is 10.5 Å². The van der Waals surface area contributed by atoms with Crippen LogP contribution in [0.3, 0.4) is 0 Å². The minimum absolute atomic E-state index is 0. The molecular formula is C14H25ClN2O2S. The van der Waals surface area contributed by atoms with Crippen molar-refractivity contribution in [2.24, 2.45) is 5.73 Å². The SMILES string of the molecule is CCC(N)(CC)CNS(=O)(=O)CCc1ccccc1.Cl. The predicted molar refractivity (Wildman–Crippen MR) is 86.7 cm³/mol. The van der Waals surface area contributed by atoms with Crippen LogP contribution in [0.25, 0.3) is 0 Å². The number of benzene rings is 1. The summed E-state index contributed by atoms with van der Waals surface area (Å²) in [6, 6.07) is 9.60. The van der Waals surface area contributed by atoms with Crippen LogP contribution in [0.5, 0.6) is 0 Å². The van der Waals surface area contributed by atoms with Crippen molar-refractivity contribution in [1.29, 1.82) is 0 Å². The lowest BCUT2D eigenvalue weighted by molar-refractivity contribution is 0.392. The van der Waals surface area contributed by atoms with Gasteiger partial charge in [0.2, 0.25) is 10.0 Å². The van der Waals surface area contributed by atoms with Crippen LogP contribution >= 0.6 is 12.4 Å². The number of nitrogens with two attached hydrogens (primary N) is 1. The Hall–Kier alpha value is -0.620. The van der Waals surface area contributed by atoms with Crippen molar-refractivity contribution in [3.63, 3.8) is 0 Å². The van der Waals surface area contributed by atoms with Crippen molar-refractivity contribution in [2.45, 2.75) is 38.6 Å². The molecule has 0 saturated carbocycles. The lowest BCUT2D eigenvalue weighted by atomic mass is 9.95. The Morgan fingerprint density at radius 2 is 1.70 bits per heavy atom. The average molecular weight is 321 g/mol. The fourth-order valence-corrected chi connectivity index (χ4v) is 2.88. The van der Waals surface area contributed by atoms with Gasteiger partial charge >= 0.3 is 0 Å². The number of nitrogens with one attached hydrogen (secondary N) is 1. The number of rotatable bonds is 8. The van der Waals surface area contributed by atoms with E-state index in [9.17, 15) is 8.42 Å². The molecule has 0 bridgehead atoms. The highest BCUT2D eigenvalue weighted by atomic mass is 35.5. The Balaban J connectivity index is 0.00000361. The van der Waals surface area contributed by atoms with E-state index in [4.69, 9.17) is 5.73 Å². The number of hydrogen-bond acceptors (Lipinski definition) is 3. The van der Waals surface area contributed by atoms with Gasteiger partial charge in [-0.05, 0) is 24.8 Å². The summed E-state index contributed by atoms with van der Waals surface area (Å²) in [5, 5.41) is 0. The van der Waals surface area contributed by atoms with Crippen LogP contribution in [-0.4, -0.2) is 26.3 Å². The van der Waals surface area contributed by atoms with E-state index in [-0.39, 0.29) is 18.2 Å². The largest absolute Gasteiger partial charge is 0.324 e. The molecule has 1 aromatic rings. The first-order valence-corrected chi connectivity index (χ1v) is 8.36. The summed E-state index contributed by atoms with van der Waals surface area (Å²) >= 11 is 0. The third-order valence-electron chi connectivity index (χ3n) is 3.55. The summed E-state index contributed by atoms with van der Waals surface area (Å²) in [5.41, 5.74) is 6.67. The molecule has 0 amide bonds. The average Bonchev–Trinajstić information content (AvgIpc) is 2.44. The maximum absolute atomic E-state index is 11.9. The van der Waals surface area contributed by atoms with E-state index in [1.54, 1.807) is 0 Å². The van der Waals surface area contributed by atoms with Gasteiger partial charge in [-0.2, -0.15) is 0 Å². The van der Waals surface area contributed by atoms with Crippen molar-refractivity contribution in [3.8, 4) is 0 Å². The fourth-order valence-electron chi connectivity index (χ4n) is 1.72. The first-order chi connectivity index (χ1) is 8.91. The molecular weight excluding hydrogens is 296 g/mol. The van der Waals surface area contributed by atoms with Gasteiger partial charge in [0, 0.05) is 12.1 Å². The Morgan fingerprint density at radius 1 is 1.15 bits per heavy atom. The molecule has 6 heteroatoms. The van der Waals surface area contributed by atoms with Gasteiger partial charge in [-0.15, -0.1) is 12.4 Å². The Labute approximate surface area is 128 Å². The van der Waals surface area contributed by atoms with Gasteiger partial charge in [0.05, 0.1) is 5.75 Å². The van der Waals surface area contributed by atoms with Crippen molar-refractivity contribution in [3.05, 3.63) is 35.9 Å². The molecule has 1 aromatic carbocycles. The molecule has 0 unspecified atom stereocenters. The molecule has 3 N–H and O–H groups in total. The lowest BCUT2D eigenvalue weighted by Gasteiger charge is -2.26. The second kappa shape index (κ2) is 8.62. The summed E-state index contributed by atoms with van der Waals surface area (Å²) in [6.45, 7) is 4.25. The van der Waals surface area contributed by atoms with Crippen molar-refractivity contribution in [2.75, 3.05) is 12.3 Å². The van der Waals surface area contributed by atoms with Gasteiger partial charge in [0.1, 0.15) is 0 Å². The maximum atomic E-state index is 11.9. The minimum Gasteiger partial charge on any atom is -0.324 e. The second-order valence-corrected chi connectivity index (χ2v) is 6.87. The number of sulfonamides is 1. The quantitative estimate of drug-likeness (QED) is 0.770. The van der Waals surface area contributed by atoms with Crippen molar-refractivity contribution < 1.29 is 8.42 Å². The van der Waals surface area contributed by atoms with Gasteiger partial charge in [0.25, 0.3) is 0 Å². The molecule has 0 saturated heterocycles. The molecule has 116 valence electrons. The molecule has 0 radical (unpaired) electrons. The van der Waals surface area contributed by atoms with Gasteiger partial charge in [0.15, 0.2) is 0 Å². The summed E-state index contributed by atoms with van der Waals surface area (Å²) in [6.07, 6.45) is 2.03. The van der Waals surface area contributed by atoms with Crippen molar-refractivity contribution >= 4 is 22.4 Å². The standard InChI is InChI=1S/C14H24N2O2S.ClH/c1-3-14(15,4-2)12-16-19(17,18)11-10-13-8-6-5-7-9-13;/h5-9,16H,3-4,10-12,15H2,1-2H3;1H. The monoisotopic (exact) mass is 320 g/mol. The molecule has 0 fully saturated rings. The van der Waals surface area contributed by atoms with Crippen LogP contribution in [0.1, 0.15) is 32.3 Å². The van der Waals surface area contributed by atoms with E-state index in [1.807, 2.05) is 44.2 Å². The van der Waals surface area contributed by atoms with E-state index in [2.05, 4.69) is 4.72 Å². The first kappa shape index (κ1) is 19.4. The van der Waals surface area contributed by atoms with E-state index in [1.165, 1.54) is 0 Å². The molecule has 0 aliphatic rings. The van der Waals surface area contributed by atoms with Gasteiger partial charge in [-0.3, -0.25) is 0 Å². The predicted octanol–water partition coefficient (Wildman–Crippen LogP) is 2.09. The molecule has 4 nitrogen and oxygen atoms in total. The van der Waals surface area contributed by atoms with Crippen LogP contribution in [0.4, 0.5) is 0 Å². The highest BCUT2D eigenvalue weighted by Gasteiger charge is 2.22. The third-order valence-corrected chi connectivity index (χ3v) is 4.88. The van der Waals surface area contributed by atoms with Gasteiger partial charge in [-0.1, -0.05) is 44.2 Å². The first-order valence-electron chi connectivity index (χ1n) is 6.71. The zero-order valence-corrected chi connectivity index (χ0v) is 13.8. The van der Waals surface area contributed by atoms with E-state index < -0.39 is 15.6 Å². The van der Waals surface area contributed by atoms with E-state index >= 15 is 0 Å². The zero-order valence-electron chi connectivity index (χ0n) is 12.1. The van der Waals surface area contributed by atoms with Crippen LogP contribution in [0.15, 0.2) is 30.3 Å². The second-order valence-electron chi connectivity index (χ2n) is 4.95. The molecule has 20 heavy (non-hydrogen) atoms. The Bertz CT molecular complexity index is 473. The molecule has 1 rings (SSSR count). The normalized spacial score (nSPS) is 11.9. The summed E-state index contributed by atoms with van der Waals surface area (Å²) in [4.78, 5) is 0. The summed E-state index contributed by atoms with van der Waals surface area (Å²) in [5.74, 6) is 0.0977. The number of halogens is 1. The number of hydrogen-bond donors (Lipinski definition) is 2. The highest BCUT2D eigenvalue weighted by Crippen LogP contribution is 2.10. The van der Waals surface area contributed by atoms with Crippen LogP contribution in [0.2, 0.25) is 0 Å². The lowest BCUT2D eigenvalue weighted by Crippen LogP contribution is -2.49. The fraction of sp³-hybridized carbons (Fsp3) is 0.571. The highest BCUT2D eigenvalue weighted by molar-refractivity contribution is 7.89.